The summed E-state index contributed by atoms with van der Waals surface area (Å²) in [5.74, 6) is -0.0450. The van der Waals surface area contributed by atoms with E-state index in [0.717, 1.165) is 3.57 Å². The molecule has 4 nitrogen and oxygen atoms in total. The molecular formula is C11H9FIN3O. The Labute approximate surface area is 111 Å². The van der Waals surface area contributed by atoms with Gasteiger partial charge in [-0.15, -0.1) is 0 Å². The topological polar surface area (TPSA) is 61.0 Å². The summed E-state index contributed by atoms with van der Waals surface area (Å²) in [5, 5.41) is 0. The fraction of sp³-hybridized carbons (Fsp3) is 0.0909. The van der Waals surface area contributed by atoms with Crippen LogP contribution in [0.25, 0.3) is 0 Å². The lowest BCUT2D eigenvalue weighted by Crippen LogP contribution is -2.00. The lowest BCUT2D eigenvalue weighted by atomic mass is 10.2. The van der Waals surface area contributed by atoms with Crippen molar-refractivity contribution >= 4 is 22.6 Å². The van der Waals surface area contributed by atoms with Crippen molar-refractivity contribution in [1.82, 2.24) is 9.97 Å². The molecule has 0 aliphatic heterocycles. The second-order valence-electron chi connectivity index (χ2n) is 3.24. The first-order valence-electron chi connectivity index (χ1n) is 4.83. The molecule has 0 amide bonds. The van der Waals surface area contributed by atoms with Gasteiger partial charge < -0.3 is 10.5 Å². The van der Waals surface area contributed by atoms with Crippen LogP contribution in [0.4, 0.5) is 4.39 Å². The molecule has 2 aromatic rings. The molecule has 0 spiro atoms. The Morgan fingerprint density at radius 2 is 2.00 bits per heavy atom. The van der Waals surface area contributed by atoms with E-state index in [2.05, 4.69) is 32.6 Å². The molecule has 88 valence electrons. The van der Waals surface area contributed by atoms with E-state index in [4.69, 9.17) is 10.5 Å². The predicted octanol–water partition coefficient (Wildman–Crippen LogP) is 2.47. The molecule has 6 heteroatoms. The number of halogens is 2. The molecule has 2 rings (SSSR count). The number of nitrogens with two attached hydrogens (primary N) is 1. The van der Waals surface area contributed by atoms with Gasteiger partial charge in [-0.25, -0.2) is 14.4 Å². The van der Waals surface area contributed by atoms with Crippen molar-refractivity contribution in [2.24, 2.45) is 5.73 Å². The zero-order valence-corrected chi connectivity index (χ0v) is 10.9. The summed E-state index contributed by atoms with van der Waals surface area (Å²) in [6, 6.07) is 4.67. The van der Waals surface area contributed by atoms with Crippen molar-refractivity contribution in [1.29, 1.82) is 0 Å². The summed E-state index contributed by atoms with van der Waals surface area (Å²) in [5.41, 5.74) is 5.81. The molecule has 1 heterocycles. The highest BCUT2D eigenvalue weighted by molar-refractivity contribution is 14.1. The van der Waals surface area contributed by atoms with Crippen LogP contribution in [0.3, 0.4) is 0 Å². The summed E-state index contributed by atoms with van der Waals surface area (Å²) in [6.07, 6.45) is 3.24. The van der Waals surface area contributed by atoms with Crippen molar-refractivity contribution < 1.29 is 9.13 Å². The van der Waals surface area contributed by atoms with Crippen LogP contribution in [-0.4, -0.2) is 9.97 Å². The number of nitrogens with zero attached hydrogens (tertiary/aromatic N) is 2. The van der Waals surface area contributed by atoms with Crippen LogP contribution in [0.1, 0.15) is 5.56 Å². The molecule has 0 atom stereocenters. The fourth-order valence-corrected chi connectivity index (χ4v) is 1.49. The molecule has 0 unspecified atom stereocenters. The lowest BCUT2D eigenvalue weighted by molar-refractivity contribution is 0.436. The van der Waals surface area contributed by atoms with E-state index in [1.165, 1.54) is 6.07 Å². The van der Waals surface area contributed by atoms with Crippen molar-refractivity contribution in [2.45, 2.75) is 6.54 Å². The van der Waals surface area contributed by atoms with Gasteiger partial charge in [-0.1, -0.05) is 6.07 Å². The third-order valence-electron chi connectivity index (χ3n) is 2.05. The summed E-state index contributed by atoms with van der Waals surface area (Å²) in [4.78, 5) is 7.92. The number of hydrogen-bond acceptors (Lipinski definition) is 4. The molecule has 1 aromatic carbocycles. The Hall–Kier alpha value is -1.28. The van der Waals surface area contributed by atoms with E-state index in [9.17, 15) is 4.39 Å². The van der Waals surface area contributed by atoms with E-state index in [1.807, 2.05) is 0 Å². The third kappa shape index (κ3) is 3.10. The van der Waals surface area contributed by atoms with Gasteiger partial charge in [0.2, 0.25) is 0 Å². The summed E-state index contributed by atoms with van der Waals surface area (Å²) in [6.45, 7) is 0.159. The smallest absolute Gasteiger partial charge is 0.321 e. The average Bonchev–Trinajstić information content (AvgIpc) is 2.32. The Bertz CT molecular complexity index is 519. The van der Waals surface area contributed by atoms with Gasteiger partial charge in [0.05, 0.1) is 0 Å². The Kier molecular flexibility index (Phi) is 3.85. The maximum Gasteiger partial charge on any atom is 0.321 e. The van der Waals surface area contributed by atoms with Crippen LogP contribution in [-0.2, 0) is 6.54 Å². The first kappa shape index (κ1) is 12.2. The van der Waals surface area contributed by atoms with Gasteiger partial charge in [0, 0.05) is 34.1 Å². The van der Waals surface area contributed by atoms with Gasteiger partial charge in [0.15, 0.2) is 0 Å². The zero-order valence-electron chi connectivity index (χ0n) is 8.73. The second kappa shape index (κ2) is 5.37. The van der Waals surface area contributed by atoms with Crippen molar-refractivity contribution in [3.8, 4) is 11.8 Å². The molecule has 2 N–H and O–H groups in total. The van der Waals surface area contributed by atoms with E-state index in [0.29, 0.717) is 11.3 Å². The molecule has 1 aromatic heterocycles. The molecule has 0 radical (unpaired) electrons. The van der Waals surface area contributed by atoms with E-state index < -0.39 is 5.82 Å². The third-order valence-corrected chi connectivity index (χ3v) is 2.61. The Morgan fingerprint density at radius 3 is 2.59 bits per heavy atom. The highest BCUT2D eigenvalue weighted by Gasteiger charge is 2.05. The van der Waals surface area contributed by atoms with Crippen LogP contribution in [0, 0.1) is 9.39 Å². The van der Waals surface area contributed by atoms with Crippen LogP contribution >= 0.6 is 22.6 Å². The zero-order chi connectivity index (χ0) is 12.3. The molecule has 0 aliphatic carbocycles. The average molecular weight is 345 g/mol. The fourth-order valence-electron chi connectivity index (χ4n) is 1.22. The first-order chi connectivity index (χ1) is 8.19. The largest absolute Gasteiger partial charge is 0.424 e. The van der Waals surface area contributed by atoms with E-state index in [-0.39, 0.29) is 12.6 Å². The monoisotopic (exact) mass is 345 g/mol. The number of ether oxygens (including phenoxy) is 1. The maximum atomic E-state index is 13.4. The number of rotatable bonds is 3. The molecular weight excluding hydrogens is 336 g/mol. The number of benzene rings is 1. The van der Waals surface area contributed by atoms with Crippen LogP contribution in [0.5, 0.6) is 11.8 Å². The van der Waals surface area contributed by atoms with E-state index >= 15 is 0 Å². The first-order valence-corrected chi connectivity index (χ1v) is 5.91. The van der Waals surface area contributed by atoms with Crippen molar-refractivity contribution in [3.63, 3.8) is 0 Å². The summed E-state index contributed by atoms with van der Waals surface area (Å²) in [7, 11) is 0. The Morgan fingerprint density at radius 1 is 1.29 bits per heavy atom. The van der Waals surface area contributed by atoms with Crippen LogP contribution in [0.15, 0.2) is 30.6 Å². The summed E-state index contributed by atoms with van der Waals surface area (Å²) >= 11 is 2.09. The molecule has 0 fully saturated rings. The van der Waals surface area contributed by atoms with Crippen LogP contribution in [0.2, 0.25) is 0 Å². The molecule has 0 aliphatic rings. The van der Waals surface area contributed by atoms with Crippen molar-refractivity contribution in [3.05, 3.63) is 45.5 Å². The minimum atomic E-state index is -0.393. The van der Waals surface area contributed by atoms with E-state index in [1.54, 1.807) is 24.5 Å². The molecule has 0 bridgehead atoms. The standard InChI is InChI=1S/C11H9FIN3O/c12-10-3-9(2-1-7(10)4-14)17-11-15-5-8(13)6-16-11/h1-3,5-6H,4,14H2. The van der Waals surface area contributed by atoms with Gasteiger partial charge in [-0.2, -0.15) is 0 Å². The molecule has 0 saturated carbocycles. The summed E-state index contributed by atoms with van der Waals surface area (Å²) < 4.78 is 19.6. The molecule has 17 heavy (non-hydrogen) atoms. The maximum absolute atomic E-state index is 13.4. The van der Waals surface area contributed by atoms with Gasteiger partial charge >= 0.3 is 6.01 Å². The number of hydrogen-bond donors (Lipinski definition) is 1. The predicted molar refractivity (Wildman–Crippen MR) is 69.1 cm³/mol. The van der Waals surface area contributed by atoms with Gasteiger partial charge in [-0.05, 0) is 28.7 Å². The molecule has 0 saturated heterocycles. The SMILES string of the molecule is NCc1ccc(Oc2ncc(I)cn2)cc1F. The minimum Gasteiger partial charge on any atom is -0.424 e. The highest BCUT2D eigenvalue weighted by atomic mass is 127. The van der Waals surface area contributed by atoms with Crippen LogP contribution < -0.4 is 10.5 Å². The van der Waals surface area contributed by atoms with Gasteiger partial charge in [0.25, 0.3) is 0 Å². The second-order valence-corrected chi connectivity index (χ2v) is 4.49. The van der Waals surface area contributed by atoms with Gasteiger partial charge in [0.1, 0.15) is 11.6 Å². The van der Waals surface area contributed by atoms with Gasteiger partial charge in [-0.3, -0.25) is 0 Å². The minimum absolute atomic E-state index is 0.159. The lowest BCUT2D eigenvalue weighted by Gasteiger charge is -2.05. The highest BCUT2D eigenvalue weighted by Crippen LogP contribution is 2.20. The normalized spacial score (nSPS) is 10.3. The quantitative estimate of drug-likeness (QED) is 0.869. The Balaban J connectivity index is 2.19. The van der Waals surface area contributed by atoms with Crippen molar-refractivity contribution in [2.75, 3.05) is 0 Å². The number of aromatic nitrogens is 2.